The fourth-order valence-corrected chi connectivity index (χ4v) is 4.15. The van der Waals surface area contributed by atoms with Crippen LogP contribution in [0.2, 0.25) is 0 Å². The molecule has 6 nitrogen and oxygen atoms in total. The zero-order chi connectivity index (χ0) is 18.7. The molecule has 1 saturated heterocycles. The van der Waals surface area contributed by atoms with Gasteiger partial charge in [-0.05, 0) is 46.1 Å². The molecule has 4 atom stereocenters. The standard InChI is InChI=1S/C20H30N2O4/c1-5-25-18-12-17(20(18)9-6-10-26-20)22-19(23)21-14(3)15-11-13(2)7-8-16(15)24-4/h7-8,11,14,17-18H,5-6,9-10,12H2,1-4H3,(H2,21,22,23). The van der Waals surface area contributed by atoms with Gasteiger partial charge in [-0.25, -0.2) is 4.79 Å². The highest BCUT2D eigenvalue weighted by molar-refractivity contribution is 5.75. The normalized spacial score (nSPS) is 28.5. The Morgan fingerprint density at radius 2 is 2.27 bits per heavy atom. The van der Waals surface area contributed by atoms with E-state index in [2.05, 4.69) is 10.6 Å². The molecule has 1 aromatic carbocycles. The molecule has 0 bridgehead atoms. The molecule has 2 aliphatic rings. The summed E-state index contributed by atoms with van der Waals surface area (Å²) in [5, 5.41) is 6.12. The van der Waals surface area contributed by atoms with Crippen molar-refractivity contribution in [1.29, 1.82) is 0 Å². The van der Waals surface area contributed by atoms with Crippen LogP contribution in [0.25, 0.3) is 0 Å². The van der Waals surface area contributed by atoms with E-state index in [0.29, 0.717) is 6.61 Å². The molecule has 3 rings (SSSR count). The van der Waals surface area contributed by atoms with E-state index in [1.807, 2.05) is 39.0 Å². The summed E-state index contributed by atoms with van der Waals surface area (Å²) >= 11 is 0. The van der Waals surface area contributed by atoms with Crippen LogP contribution in [-0.4, -0.2) is 44.1 Å². The van der Waals surface area contributed by atoms with E-state index in [-0.39, 0.29) is 29.8 Å². The van der Waals surface area contributed by atoms with Crippen molar-refractivity contribution in [2.75, 3.05) is 20.3 Å². The minimum atomic E-state index is -0.350. The van der Waals surface area contributed by atoms with Crippen LogP contribution >= 0.6 is 0 Å². The number of rotatable bonds is 6. The molecule has 1 aliphatic carbocycles. The number of nitrogens with one attached hydrogen (secondary N) is 2. The van der Waals surface area contributed by atoms with Crippen LogP contribution in [-0.2, 0) is 9.47 Å². The lowest BCUT2D eigenvalue weighted by Crippen LogP contribution is -2.70. The van der Waals surface area contributed by atoms with E-state index < -0.39 is 0 Å². The van der Waals surface area contributed by atoms with Crippen LogP contribution in [0, 0.1) is 6.92 Å². The summed E-state index contributed by atoms with van der Waals surface area (Å²) in [6.07, 6.45) is 2.82. The first-order chi connectivity index (χ1) is 12.5. The van der Waals surface area contributed by atoms with Crippen LogP contribution in [0.3, 0.4) is 0 Å². The van der Waals surface area contributed by atoms with Crippen LogP contribution in [0.15, 0.2) is 18.2 Å². The largest absolute Gasteiger partial charge is 0.496 e. The third-order valence-corrected chi connectivity index (χ3v) is 5.54. The molecule has 0 radical (unpaired) electrons. The highest BCUT2D eigenvalue weighted by Gasteiger charge is 2.59. The van der Waals surface area contributed by atoms with E-state index in [1.54, 1.807) is 7.11 Å². The summed E-state index contributed by atoms with van der Waals surface area (Å²) in [5.41, 5.74) is 1.75. The average molecular weight is 362 g/mol. The summed E-state index contributed by atoms with van der Waals surface area (Å²) < 4.78 is 17.2. The van der Waals surface area contributed by atoms with Gasteiger partial charge in [0.25, 0.3) is 0 Å². The Morgan fingerprint density at radius 1 is 1.46 bits per heavy atom. The van der Waals surface area contributed by atoms with Gasteiger partial charge < -0.3 is 24.8 Å². The van der Waals surface area contributed by atoms with E-state index >= 15 is 0 Å². The van der Waals surface area contributed by atoms with Crippen LogP contribution in [0.4, 0.5) is 4.79 Å². The minimum absolute atomic E-state index is 0.00634. The molecule has 1 spiro atoms. The molecule has 1 saturated carbocycles. The Bertz CT molecular complexity index is 643. The minimum Gasteiger partial charge on any atom is -0.496 e. The number of ether oxygens (including phenoxy) is 3. The number of benzene rings is 1. The number of hydrogen-bond donors (Lipinski definition) is 2. The molecule has 144 valence electrons. The maximum absolute atomic E-state index is 12.6. The lowest BCUT2D eigenvalue weighted by atomic mass is 9.70. The topological polar surface area (TPSA) is 68.8 Å². The van der Waals surface area contributed by atoms with Gasteiger partial charge in [-0.2, -0.15) is 0 Å². The molecule has 4 unspecified atom stereocenters. The van der Waals surface area contributed by atoms with Gasteiger partial charge in [0.15, 0.2) is 0 Å². The van der Waals surface area contributed by atoms with Gasteiger partial charge in [0.2, 0.25) is 0 Å². The van der Waals surface area contributed by atoms with Crippen LogP contribution < -0.4 is 15.4 Å². The quantitative estimate of drug-likeness (QED) is 0.816. The molecule has 1 aliphatic heterocycles. The number of aryl methyl sites for hydroxylation is 1. The highest BCUT2D eigenvalue weighted by Crippen LogP contribution is 2.45. The van der Waals surface area contributed by atoms with Crippen molar-refractivity contribution in [3.8, 4) is 5.75 Å². The number of methoxy groups -OCH3 is 1. The number of hydrogen-bond acceptors (Lipinski definition) is 4. The number of amides is 2. The Morgan fingerprint density at radius 3 is 2.92 bits per heavy atom. The van der Waals surface area contributed by atoms with Crippen molar-refractivity contribution < 1.29 is 19.0 Å². The smallest absolute Gasteiger partial charge is 0.315 e. The van der Waals surface area contributed by atoms with Crippen LogP contribution in [0.1, 0.15) is 50.3 Å². The van der Waals surface area contributed by atoms with Gasteiger partial charge in [-0.1, -0.05) is 17.7 Å². The predicted molar refractivity (Wildman–Crippen MR) is 99.5 cm³/mol. The first kappa shape index (κ1) is 19.0. The molecule has 6 heteroatoms. The summed E-state index contributed by atoms with van der Waals surface area (Å²) in [6, 6.07) is 5.62. The van der Waals surface area contributed by atoms with Gasteiger partial charge in [0.05, 0.1) is 25.3 Å². The van der Waals surface area contributed by atoms with Gasteiger partial charge in [0.1, 0.15) is 11.4 Å². The van der Waals surface area contributed by atoms with Crippen molar-refractivity contribution in [2.24, 2.45) is 0 Å². The van der Waals surface area contributed by atoms with Crippen molar-refractivity contribution in [3.05, 3.63) is 29.3 Å². The van der Waals surface area contributed by atoms with Gasteiger partial charge >= 0.3 is 6.03 Å². The second kappa shape index (κ2) is 7.84. The third-order valence-electron chi connectivity index (χ3n) is 5.54. The maximum atomic E-state index is 12.6. The van der Waals surface area contributed by atoms with Gasteiger partial charge in [-0.3, -0.25) is 0 Å². The Hall–Kier alpha value is -1.79. The molecule has 26 heavy (non-hydrogen) atoms. The second-order valence-electron chi connectivity index (χ2n) is 7.22. The lowest BCUT2D eigenvalue weighted by Gasteiger charge is -2.52. The number of carbonyl (C=O) groups is 1. The SMILES string of the molecule is CCOC1CC(NC(=O)NC(C)c2cc(C)ccc2OC)C12CCCO2. The van der Waals surface area contributed by atoms with E-state index in [1.165, 1.54) is 0 Å². The summed E-state index contributed by atoms with van der Waals surface area (Å²) in [4.78, 5) is 12.6. The predicted octanol–water partition coefficient (Wildman–Crippen LogP) is 3.09. The monoisotopic (exact) mass is 362 g/mol. The Balaban J connectivity index is 1.62. The van der Waals surface area contributed by atoms with E-state index in [9.17, 15) is 4.79 Å². The Labute approximate surface area is 155 Å². The van der Waals surface area contributed by atoms with Crippen molar-refractivity contribution >= 4 is 6.03 Å². The van der Waals surface area contributed by atoms with Gasteiger partial charge in [-0.15, -0.1) is 0 Å². The average Bonchev–Trinajstić information content (AvgIpc) is 3.13. The zero-order valence-electron chi connectivity index (χ0n) is 16.1. The molecule has 2 N–H and O–H groups in total. The lowest BCUT2D eigenvalue weighted by molar-refractivity contribution is -0.194. The molecular weight excluding hydrogens is 332 g/mol. The third kappa shape index (κ3) is 3.53. The summed E-state index contributed by atoms with van der Waals surface area (Å²) in [6.45, 7) is 7.38. The first-order valence-electron chi connectivity index (χ1n) is 9.47. The molecule has 2 amide bonds. The Kier molecular flexibility index (Phi) is 5.73. The summed E-state index contributed by atoms with van der Waals surface area (Å²) in [5.74, 6) is 0.777. The fraction of sp³-hybridized carbons (Fsp3) is 0.650. The number of carbonyl (C=O) groups excluding carboxylic acids is 1. The fourth-order valence-electron chi connectivity index (χ4n) is 4.15. The maximum Gasteiger partial charge on any atom is 0.315 e. The van der Waals surface area contributed by atoms with Crippen molar-refractivity contribution in [2.45, 2.75) is 63.8 Å². The van der Waals surface area contributed by atoms with Crippen molar-refractivity contribution in [1.82, 2.24) is 10.6 Å². The second-order valence-corrected chi connectivity index (χ2v) is 7.22. The van der Waals surface area contributed by atoms with Crippen LogP contribution in [0.5, 0.6) is 5.75 Å². The molecule has 1 aromatic rings. The van der Waals surface area contributed by atoms with Gasteiger partial charge in [0, 0.05) is 18.8 Å². The van der Waals surface area contributed by atoms with E-state index in [0.717, 1.165) is 42.7 Å². The zero-order valence-corrected chi connectivity index (χ0v) is 16.1. The molecular formula is C20H30N2O4. The molecule has 1 heterocycles. The first-order valence-corrected chi connectivity index (χ1v) is 9.47. The molecule has 0 aromatic heterocycles. The summed E-state index contributed by atoms with van der Waals surface area (Å²) in [7, 11) is 1.64. The van der Waals surface area contributed by atoms with Crippen molar-refractivity contribution in [3.63, 3.8) is 0 Å². The number of urea groups is 1. The molecule has 2 fully saturated rings. The van der Waals surface area contributed by atoms with E-state index in [4.69, 9.17) is 14.2 Å². The highest BCUT2D eigenvalue weighted by atomic mass is 16.6.